The average Bonchev–Trinajstić information content (AvgIpc) is 2.56. The Bertz CT molecular complexity index is 940. The summed E-state index contributed by atoms with van der Waals surface area (Å²) in [6.07, 6.45) is 0. The highest BCUT2D eigenvalue weighted by atomic mass is 35.5. The molecule has 0 bridgehead atoms. The maximum atomic E-state index is 12.6. The van der Waals surface area contributed by atoms with Gasteiger partial charge in [-0.3, -0.25) is 0 Å². The molecule has 0 spiro atoms. The molecule has 24 heavy (non-hydrogen) atoms. The van der Waals surface area contributed by atoms with Crippen molar-refractivity contribution in [3.8, 4) is 5.69 Å². The number of para-hydroxylation sites is 1. The molecule has 2 heterocycles. The molecule has 0 fully saturated rings. The van der Waals surface area contributed by atoms with Gasteiger partial charge in [0, 0.05) is 19.3 Å². The van der Waals surface area contributed by atoms with Crippen molar-refractivity contribution < 1.29 is 4.74 Å². The van der Waals surface area contributed by atoms with Crippen LogP contribution in [0.15, 0.2) is 41.2 Å². The van der Waals surface area contributed by atoms with Crippen LogP contribution in [0.4, 0.5) is 5.82 Å². The van der Waals surface area contributed by atoms with E-state index in [0.29, 0.717) is 35.3 Å². The van der Waals surface area contributed by atoms with Gasteiger partial charge in [0.25, 0.3) is 0 Å². The molecule has 0 saturated carbocycles. The molecule has 0 aliphatic heterocycles. The van der Waals surface area contributed by atoms with Crippen LogP contribution in [-0.2, 0) is 4.74 Å². The summed E-state index contributed by atoms with van der Waals surface area (Å²) in [5.41, 5.74) is 1.44. The van der Waals surface area contributed by atoms with Crippen LogP contribution in [0.1, 0.15) is 5.69 Å². The van der Waals surface area contributed by atoms with Crippen LogP contribution in [0.2, 0.25) is 5.02 Å². The number of anilines is 1. The van der Waals surface area contributed by atoms with Gasteiger partial charge >= 0.3 is 5.69 Å². The summed E-state index contributed by atoms with van der Waals surface area (Å²) in [4.78, 5) is 21.3. The molecule has 1 aromatic carbocycles. The van der Waals surface area contributed by atoms with Gasteiger partial charge < -0.3 is 10.1 Å². The van der Waals surface area contributed by atoms with E-state index >= 15 is 0 Å². The standard InChI is InChI=1S/C17H17ClN4O2/c1-11-7-8-12-15(19-9-10-24-2)21-17(23)22(16(12)20-11)14-6-4-3-5-13(14)18/h3-8H,9-10H2,1-2H3,(H,19,21,23). The molecule has 3 aromatic rings. The van der Waals surface area contributed by atoms with Crippen LogP contribution in [0.5, 0.6) is 0 Å². The fourth-order valence-electron chi connectivity index (χ4n) is 2.45. The lowest BCUT2D eigenvalue weighted by molar-refractivity contribution is 0.210. The Morgan fingerprint density at radius 3 is 2.75 bits per heavy atom. The van der Waals surface area contributed by atoms with Crippen LogP contribution in [-0.4, -0.2) is 34.8 Å². The number of aryl methyl sites for hydroxylation is 1. The Morgan fingerprint density at radius 1 is 1.21 bits per heavy atom. The van der Waals surface area contributed by atoms with E-state index in [0.717, 1.165) is 11.1 Å². The van der Waals surface area contributed by atoms with Crippen LogP contribution in [0.25, 0.3) is 16.7 Å². The van der Waals surface area contributed by atoms with Crippen LogP contribution < -0.4 is 11.0 Å². The third-order valence-electron chi connectivity index (χ3n) is 3.57. The second kappa shape index (κ2) is 6.98. The van der Waals surface area contributed by atoms with Crippen molar-refractivity contribution in [2.24, 2.45) is 0 Å². The van der Waals surface area contributed by atoms with Gasteiger partial charge in [-0.1, -0.05) is 23.7 Å². The molecule has 3 rings (SSSR count). The van der Waals surface area contributed by atoms with Crippen molar-refractivity contribution in [2.75, 3.05) is 25.6 Å². The van der Waals surface area contributed by atoms with Crippen LogP contribution >= 0.6 is 11.6 Å². The third kappa shape index (κ3) is 3.11. The van der Waals surface area contributed by atoms with Crippen molar-refractivity contribution in [1.29, 1.82) is 0 Å². The number of rotatable bonds is 5. The number of methoxy groups -OCH3 is 1. The average molecular weight is 345 g/mol. The predicted molar refractivity (Wildman–Crippen MR) is 95.2 cm³/mol. The monoisotopic (exact) mass is 344 g/mol. The minimum atomic E-state index is -0.436. The Hall–Kier alpha value is -2.44. The Morgan fingerprint density at radius 2 is 2.00 bits per heavy atom. The van der Waals surface area contributed by atoms with Crippen LogP contribution in [0.3, 0.4) is 0 Å². The van der Waals surface area contributed by atoms with Crippen LogP contribution in [0, 0.1) is 6.92 Å². The molecule has 0 amide bonds. The Labute approximate surface area is 144 Å². The zero-order valence-electron chi connectivity index (χ0n) is 13.4. The highest BCUT2D eigenvalue weighted by Crippen LogP contribution is 2.24. The summed E-state index contributed by atoms with van der Waals surface area (Å²) in [5, 5.41) is 4.33. The fraction of sp³-hybridized carbons (Fsp3) is 0.235. The lowest BCUT2D eigenvalue weighted by Crippen LogP contribution is -2.25. The summed E-state index contributed by atoms with van der Waals surface area (Å²) >= 11 is 6.27. The van der Waals surface area contributed by atoms with E-state index in [-0.39, 0.29) is 0 Å². The zero-order valence-corrected chi connectivity index (χ0v) is 14.2. The van der Waals surface area contributed by atoms with Crippen molar-refractivity contribution in [1.82, 2.24) is 14.5 Å². The van der Waals surface area contributed by atoms with E-state index in [1.165, 1.54) is 4.57 Å². The fourth-order valence-corrected chi connectivity index (χ4v) is 2.67. The molecular weight excluding hydrogens is 328 g/mol. The first-order chi connectivity index (χ1) is 11.6. The molecule has 124 valence electrons. The van der Waals surface area contributed by atoms with Gasteiger partial charge in [0.15, 0.2) is 5.65 Å². The normalized spacial score (nSPS) is 11.0. The topological polar surface area (TPSA) is 69.0 Å². The van der Waals surface area contributed by atoms with Gasteiger partial charge in [-0.25, -0.2) is 14.3 Å². The minimum absolute atomic E-state index is 0.436. The third-order valence-corrected chi connectivity index (χ3v) is 3.89. The molecule has 0 aliphatic carbocycles. The summed E-state index contributed by atoms with van der Waals surface area (Å²) < 4.78 is 6.46. The number of benzene rings is 1. The molecule has 0 saturated heterocycles. The smallest absolute Gasteiger partial charge is 0.355 e. The quantitative estimate of drug-likeness (QED) is 0.721. The van der Waals surface area contributed by atoms with Crippen molar-refractivity contribution >= 4 is 28.5 Å². The van der Waals surface area contributed by atoms with E-state index in [2.05, 4.69) is 15.3 Å². The largest absolute Gasteiger partial charge is 0.383 e. The summed E-state index contributed by atoms with van der Waals surface area (Å²) in [7, 11) is 1.62. The first-order valence-corrected chi connectivity index (χ1v) is 7.87. The van der Waals surface area contributed by atoms with E-state index in [1.807, 2.05) is 31.2 Å². The van der Waals surface area contributed by atoms with Gasteiger partial charge in [0.05, 0.1) is 22.7 Å². The van der Waals surface area contributed by atoms with Gasteiger partial charge in [0.2, 0.25) is 0 Å². The van der Waals surface area contributed by atoms with Gasteiger partial charge in [-0.15, -0.1) is 0 Å². The summed E-state index contributed by atoms with van der Waals surface area (Å²) in [6, 6.07) is 10.9. The van der Waals surface area contributed by atoms with E-state index in [4.69, 9.17) is 16.3 Å². The number of nitrogens with zero attached hydrogens (tertiary/aromatic N) is 3. The SMILES string of the molecule is COCCNc1nc(=O)n(-c2ccccc2Cl)c2nc(C)ccc12. The van der Waals surface area contributed by atoms with E-state index in [9.17, 15) is 4.79 Å². The lowest BCUT2D eigenvalue weighted by Gasteiger charge is -2.14. The second-order valence-corrected chi connectivity index (χ2v) is 5.68. The molecule has 6 nitrogen and oxygen atoms in total. The number of halogens is 1. The summed E-state index contributed by atoms with van der Waals surface area (Å²) in [5.74, 6) is 0.489. The first-order valence-electron chi connectivity index (χ1n) is 7.50. The molecule has 0 radical (unpaired) electrons. The maximum Gasteiger partial charge on any atom is 0.355 e. The maximum absolute atomic E-state index is 12.6. The van der Waals surface area contributed by atoms with Gasteiger partial charge in [0.1, 0.15) is 5.82 Å². The minimum Gasteiger partial charge on any atom is -0.383 e. The Balaban J connectivity index is 2.26. The molecule has 7 heteroatoms. The molecule has 2 aromatic heterocycles. The van der Waals surface area contributed by atoms with E-state index < -0.39 is 5.69 Å². The zero-order chi connectivity index (χ0) is 17.1. The molecule has 1 N–H and O–H groups in total. The summed E-state index contributed by atoms with van der Waals surface area (Å²) in [6.45, 7) is 2.93. The molecular formula is C17H17ClN4O2. The number of nitrogens with one attached hydrogen (secondary N) is 1. The first kappa shape index (κ1) is 16.4. The van der Waals surface area contributed by atoms with Crippen molar-refractivity contribution in [3.63, 3.8) is 0 Å². The number of hydrogen-bond donors (Lipinski definition) is 1. The van der Waals surface area contributed by atoms with Crippen molar-refractivity contribution in [2.45, 2.75) is 6.92 Å². The van der Waals surface area contributed by atoms with Crippen molar-refractivity contribution in [3.05, 3.63) is 57.6 Å². The molecule has 0 unspecified atom stereocenters. The number of aromatic nitrogens is 3. The Kier molecular flexibility index (Phi) is 4.78. The number of ether oxygens (including phenoxy) is 1. The number of hydrogen-bond acceptors (Lipinski definition) is 5. The lowest BCUT2D eigenvalue weighted by atomic mass is 10.2. The molecule has 0 atom stereocenters. The number of pyridine rings is 1. The van der Waals surface area contributed by atoms with Gasteiger partial charge in [-0.2, -0.15) is 4.98 Å². The number of fused-ring (bicyclic) bond motifs is 1. The van der Waals surface area contributed by atoms with E-state index in [1.54, 1.807) is 19.2 Å². The highest BCUT2D eigenvalue weighted by molar-refractivity contribution is 6.32. The predicted octanol–water partition coefficient (Wildman–Crippen LogP) is 2.80. The highest BCUT2D eigenvalue weighted by Gasteiger charge is 2.15. The molecule has 0 aliphatic rings. The second-order valence-electron chi connectivity index (χ2n) is 5.27. The van der Waals surface area contributed by atoms with Gasteiger partial charge in [-0.05, 0) is 31.2 Å².